The molecule has 0 aliphatic heterocycles. The molecule has 1 aliphatic carbocycles. The lowest BCUT2D eigenvalue weighted by atomic mass is 9.69. The molecule has 7 heteroatoms. The summed E-state index contributed by atoms with van der Waals surface area (Å²) in [5, 5.41) is 42.8. The third kappa shape index (κ3) is 5.10. The number of ether oxygens (including phenoxy) is 1. The largest absolute Gasteiger partial charge is 0.469 e. The molecule has 6 atom stereocenters. The number of rotatable bonds is 6. The Morgan fingerprint density at radius 2 is 1.58 bits per heavy atom. The van der Waals surface area contributed by atoms with Gasteiger partial charge in [-0.15, -0.1) is 0 Å². The monoisotopic (exact) mass is 448 g/mol. The van der Waals surface area contributed by atoms with Crippen LogP contribution >= 0.6 is 11.6 Å². The van der Waals surface area contributed by atoms with E-state index >= 15 is 0 Å². The summed E-state index contributed by atoms with van der Waals surface area (Å²) >= 11 is 6.41. The normalized spacial score (nSPS) is 28.4. The SMILES string of the molecule is CCc1ccc(Cc2cc([C@H]3[C@H](O)[C@H](O)[C@H](O)[C@@H](CC(=O)OC)[C@H]3O)ccc2Cl)cc1. The second-order valence-electron chi connectivity index (χ2n) is 8.13. The lowest BCUT2D eigenvalue weighted by Crippen LogP contribution is -2.57. The molecular weight excluding hydrogens is 420 g/mol. The molecule has 0 heterocycles. The van der Waals surface area contributed by atoms with Gasteiger partial charge < -0.3 is 25.2 Å². The van der Waals surface area contributed by atoms with Gasteiger partial charge in [0.2, 0.25) is 0 Å². The van der Waals surface area contributed by atoms with E-state index in [0.717, 1.165) is 17.5 Å². The molecule has 0 amide bonds. The zero-order valence-electron chi connectivity index (χ0n) is 17.6. The van der Waals surface area contributed by atoms with E-state index in [1.54, 1.807) is 18.2 Å². The van der Waals surface area contributed by atoms with E-state index in [-0.39, 0.29) is 6.42 Å². The lowest BCUT2D eigenvalue weighted by Gasteiger charge is -2.44. The highest BCUT2D eigenvalue weighted by atomic mass is 35.5. The Hall–Kier alpha value is -1.96. The lowest BCUT2D eigenvalue weighted by molar-refractivity contribution is -0.172. The van der Waals surface area contributed by atoms with Gasteiger partial charge in [-0.2, -0.15) is 0 Å². The van der Waals surface area contributed by atoms with Gasteiger partial charge >= 0.3 is 5.97 Å². The maximum absolute atomic E-state index is 11.7. The van der Waals surface area contributed by atoms with Crippen molar-refractivity contribution in [1.29, 1.82) is 0 Å². The van der Waals surface area contributed by atoms with Crippen LogP contribution in [-0.2, 0) is 22.4 Å². The average Bonchev–Trinajstić information content (AvgIpc) is 2.77. The number of hydrogen-bond acceptors (Lipinski definition) is 6. The molecule has 4 N–H and O–H groups in total. The molecule has 1 fully saturated rings. The first-order valence-corrected chi connectivity index (χ1v) is 10.8. The van der Waals surface area contributed by atoms with Gasteiger partial charge in [-0.3, -0.25) is 4.79 Å². The van der Waals surface area contributed by atoms with E-state index in [0.29, 0.717) is 17.0 Å². The number of hydrogen-bond donors (Lipinski definition) is 4. The topological polar surface area (TPSA) is 107 Å². The summed E-state index contributed by atoms with van der Waals surface area (Å²) in [5.41, 5.74) is 3.69. The quantitative estimate of drug-likeness (QED) is 0.505. The molecule has 0 unspecified atom stereocenters. The zero-order chi connectivity index (χ0) is 22.7. The number of carbonyl (C=O) groups is 1. The van der Waals surface area contributed by atoms with Crippen LogP contribution in [0.5, 0.6) is 0 Å². The summed E-state index contributed by atoms with van der Waals surface area (Å²) in [7, 11) is 1.21. The molecule has 6 nitrogen and oxygen atoms in total. The number of carbonyl (C=O) groups excluding carboxylic acids is 1. The van der Waals surface area contributed by atoms with Crippen molar-refractivity contribution in [2.45, 2.75) is 56.5 Å². The fourth-order valence-corrected chi connectivity index (χ4v) is 4.48. The van der Waals surface area contributed by atoms with Gasteiger partial charge in [0.25, 0.3) is 0 Å². The van der Waals surface area contributed by atoms with Crippen molar-refractivity contribution in [2.24, 2.45) is 5.92 Å². The second-order valence-corrected chi connectivity index (χ2v) is 8.54. The molecule has 0 aromatic heterocycles. The first kappa shape index (κ1) is 23.7. The van der Waals surface area contributed by atoms with Crippen LogP contribution in [0.4, 0.5) is 0 Å². The predicted octanol–water partition coefficient (Wildman–Crippen LogP) is 2.21. The molecule has 31 heavy (non-hydrogen) atoms. The van der Waals surface area contributed by atoms with Gasteiger partial charge in [-0.25, -0.2) is 0 Å². The number of benzene rings is 2. The van der Waals surface area contributed by atoms with Gasteiger partial charge in [-0.05, 0) is 41.2 Å². The van der Waals surface area contributed by atoms with Gasteiger partial charge in [0.15, 0.2) is 0 Å². The Morgan fingerprint density at radius 3 is 2.19 bits per heavy atom. The minimum Gasteiger partial charge on any atom is -0.469 e. The summed E-state index contributed by atoms with van der Waals surface area (Å²) in [6.07, 6.45) is -4.39. The molecule has 3 rings (SSSR count). The van der Waals surface area contributed by atoms with E-state index in [1.807, 2.05) is 12.1 Å². The van der Waals surface area contributed by atoms with E-state index in [2.05, 4.69) is 23.8 Å². The molecule has 2 aromatic carbocycles. The van der Waals surface area contributed by atoms with Gasteiger partial charge in [-0.1, -0.05) is 54.9 Å². The van der Waals surface area contributed by atoms with E-state index in [9.17, 15) is 25.2 Å². The number of aryl methyl sites for hydroxylation is 1. The first-order valence-electron chi connectivity index (χ1n) is 10.4. The van der Waals surface area contributed by atoms with Gasteiger partial charge in [0, 0.05) is 16.9 Å². The Balaban J connectivity index is 1.90. The van der Waals surface area contributed by atoms with Crippen molar-refractivity contribution in [3.05, 3.63) is 69.7 Å². The van der Waals surface area contributed by atoms with Crippen molar-refractivity contribution in [3.8, 4) is 0 Å². The molecule has 0 saturated heterocycles. The summed E-state index contributed by atoms with van der Waals surface area (Å²) in [5.74, 6) is -2.49. The highest BCUT2D eigenvalue weighted by Gasteiger charge is 2.49. The fraction of sp³-hybridized carbons (Fsp3) is 0.458. The molecule has 1 saturated carbocycles. The fourth-order valence-electron chi connectivity index (χ4n) is 4.30. The van der Waals surface area contributed by atoms with Crippen LogP contribution in [0.2, 0.25) is 5.02 Å². The predicted molar refractivity (Wildman–Crippen MR) is 117 cm³/mol. The van der Waals surface area contributed by atoms with Gasteiger partial charge in [0.1, 0.15) is 6.10 Å². The van der Waals surface area contributed by atoms with Crippen molar-refractivity contribution in [2.75, 3.05) is 7.11 Å². The maximum Gasteiger partial charge on any atom is 0.305 e. The first-order chi connectivity index (χ1) is 14.8. The zero-order valence-corrected chi connectivity index (χ0v) is 18.4. The van der Waals surface area contributed by atoms with E-state index in [4.69, 9.17) is 11.6 Å². The van der Waals surface area contributed by atoms with Crippen LogP contribution in [0.15, 0.2) is 42.5 Å². The van der Waals surface area contributed by atoms with Gasteiger partial charge in [0.05, 0.1) is 31.8 Å². The Labute approximate surface area is 187 Å². The number of aliphatic hydroxyl groups is 4. The smallest absolute Gasteiger partial charge is 0.305 e. The number of methoxy groups -OCH3 is 1. The second kappa shape index (κ2) is 10.1. The van der Waals surface area contributed by atoms with Crippen molar-refractivity contribution in [3.63, 3.8) is 0 Å². The van der Waals surface area contributed by atoms with Crippen molar-refractivity contribution >= 4 is 17.6 Å². The Bertz CT molecular complexity index is 899. The summed E-state index contributed by atoms with van der Waals surface area (Å²) < 4.78 is 4.65. The minimum absolute atomic E-state index is 0.274. The van der Waals surface area contributed by atoms with Crippen molar-refractivity contribution < 1.29 is 30.0 Å². The van der Waals surface area contributed by atoms with Crippen LogP contribution < -0.4 is 0 Å². The third-order valence-electron chi connectivity index (χ3n) is 6.22. The van der Waals surface area contributed by atoms with Crippen molar-refractivity contribution in [1.82, 2.24) is 0 Å². The molecular formula is C24H29ClO6. The standard InChI is InChI=1S/C24H29ClO6/c1-3-13-4-6-14(7-5-13)10-16-11-15(8-9-18(16)25)20-21(27)17(12-19(26)31-2)22(28)24(30)23(20)29/h4-9,11,17,20-24,27-30H,3,10,12H2,1-2H3/t17-,20+,21+,22+,23-,24+/m0/s1. The highest BCUT2D eigenvalue weighted by molar-refractivity contribution is 6.31. The summed E-state index contributed by atoms with van der Waals surface area (Å²) in [6.45, 7) is 2.09. The molecule has 1 aliphatic rings. The number of aliphatic hydroxyl groups excluding tert-OH is 4. The van der Waals surface area contributed by atoms with Crippen LogP contribution in [0.25, 0.3) is 0 Å². The Kier molecular flexibility index (Phi) is 7.73. The van der Waals surface area contributed by atoms with E-state index in [1.165, 1.54) is 12.7 Å². The van der Waals surface area contributed by atoms with E-state index < -0.39 is 42.2 Å². The Morgan fingerprint density at radius 1 is 0.935 bits per heavy atom. The number of halogens is 1. The molecule has 2 aromatic rings. The summed E-state index contributed by atoms with van der Waals surface area (Å²) in [6, 6.07) is 13.4. The summed E-state index contributed by atoms with van der Waals surface area (Å²) in [4.78, 5) is 11.7. The molecule has 0 spiro atoms. The molecule has 0 bridgehead atoms. The number of esters is 1. The van der Waals surface area contributed by atoms with Crippen LogP contribution in [-0.4, -0.2) is 57.9 Å². The average molecular weight is 449 g/mol. The third-order valence-corrected chi connectivity index (χ3v) is 6.59. The minimum atomic E-state index is -1.51. The van der Waals surface area contributed by atoms with Crippen LogP contribution in [0.3, 0.4) is 0 Å². The molecule has 168 valence electrons. The maximum atomic E-state index is 11.7. The highest BCUT2D eigenvalue weighted by Crippen LogP contribution is 2.40. The van der Waals surface area contributed by atoms with Crippen LogP contribution in [0.1, 0.15) is 41.5 Å². The molecule has 0 radical (unpaired) electrons. The van der Waals surface area contributed by atoms with Crippen LogP contribution in [0, 0.1) is 5.92 Å².